The van der Waals surface area contributed by atoms with Gasteiger partial charge in [0.1, 0.15) is 0 Å². The van der Waals surface area contributed by atoms with Gasteiger partial charge in [-0.05, 0) is 220 Å². The van der Waals surface area contributed by atoms with Crippen LogP contribution in [0.4, 0.5) is 34.1 Å². The van der Waals surface area contributed by atoms with E-state index in [0.29, 0.717) is 0 Å². The van der Waals surface area contributed by atoms with Crippen LogP contribution in [0.3, 0.4) is 0 Å². The summed E-state index contributed by atoms with van der Waals surface area (Å²) >= 11 is 0. The van der Waals surface area contributed by atoms with Crippen LogP contribution in [0, 0.1) is 0 Å². The smallest absolute Gasteiger partial charge is 0.252 e. The van der Waals surface area contributed by atoms with Gasteiger partial charge in [0.15, 0.2) is 0 Å². The van der Waals surface area contributed by atoms with Crippen molar-refractivity contribution in [3.8, 4) is 44.8 Å². The number of fused-ring (bicyclic) bond motifs is 12. The summed E-state index contributed by atoms with van der Waals surface area (Å²) in [5.74, 6) is 0. The molecule has 0 unspecified atom stereocenters. The van der Waals surface area contributed by atoms with Gasteiger partial charge in [-0.1, -0.05) is 267 Å². The van der Waals surface area contributed by atoms with Crippen molar-refractivity contribution in [2.24, 2.45) is 0 Å². The number of anilines is 6. The molecule has 14 aromatic rings. The molecule has 2 aliphatic heterocycles. The number of nitrogens with zero attached hydrogens (tertiary/aromatic N) is 4. The Morgan fingerprint density at radius 1 is 0.277 bits per heavy atom. The van der Waals surface area contributed by atoms with Gasteiger partial charge < -0.3 is 18.9 Å². The fourth-order valence-electron chi connectivity index (χ4n) is 18.2. The van der Waals surface area contributed by atoms with Crippen molar-refractivity contribution < 1.29 is 0 Å². The second kappa shape index (κ2) is 22.2. The van der Waals surface area contributed by atoms with Crippen molar-refractivity contribution in [1.29, 1.82) is 0 Å². The van der Waals surface area contributed by atoms with Crippen LogP contribution in [0.2, 0.25) is 0 Å². The average molecular weight is 1310 g/mol. The quantitative estimate of drug-likeness (QED) is 0.148. The highest BCUT2D eigenvalue weighted by molar-refractivity contribution is 7.00. The van der Waals surface area contributed by atoms with Gasteiger partial charge in [0, 0.05) is 61.4 Å². The van der Waals surface area contributed by atoms with E-state index in [9.17, 15) is 0 Å². The van der Waals surface area contributed by atoms with E-state index < -0.39 is 0 Å². The van der Waals surface area contributed by atoms with Gasteiger partial charge in [0.05, 0.1) is 27.8 Å². The molecule has 0 radical (unpaired) electrons. The van der Waals surface area contributed by atoms with Gasteiger partial charge in [-0.15, -0.1) is 0 Å². The number of rotatable bonds is 7. The summed E-state index contributed by atoms with van der Waals surface area (Å²) in [6.07, 6.45) is 4.72. The zero-order chi connectivity index (χ0) is 69.6. The van der Waals surface area contributed by atoms with Crippen LogP contribution >= 0.6 is 0 Å². The van der Waals surface area contributed by atoms with Gasteiger partial charge in [0.2, 0.25) is 0 Å². The molecule has 101 heavy (non-hydrogen) atoms. The van der Waals surface area contributed by atoms with Crippen LogP contribution in [0.25, 0.3) is 88.4 Å². The SMILES string of the molecule is CC(C)(C)c1cc(-c2ccc3c(c2)N(c2ccc(-c4ccc5c(c4)C(C)(C)CCC5(C)C)cc2)c2cc(-n4c5ccccc5c5ccccc54)cc4c2B3c2ccc(-n3c5ccccc5c5ccccc53)cc2N4c2ccc(-c3ccc4c(c3)C(C)(C)CCC4(C)C)cc2)cc(C(C)(C)C)c1. The molecule has 4 nitrogen and oxygen atoms in total. The first-order chi connectivity index (χ1) is 48.3. The van der Waals surface area contributed by atoms with Crippen molar-refractivity contribution in [1.82, 2.24) is 9.13 Å². The van der Waals surface area contributed by atoms with Gasteiger partial charge in [0.25, 0.3) is 6.71 Å². The second-order valence-electron chi connectivity index (χ2n) is 34.7. The van der Waals surface area contributed by atoms with E-state index in [0.717, 1.165) is 39.8 Å². The monoisotopic (exact) mass is 1310 g/mol. The lowest BCUT2D eigenvalue weighted by atomic mass is 9.33. The summed E-state index contributed by atoms with van der Waals surface area (Å²) in [6.45, 7) is 33.4. The van der Waals surface area contributed by atoms with E-state index in [1.165, 1.54) is 158 Å². The summed E-state index contributed by atoms with van der Waals surface area (Å²) < 4.78 is 5.04. The molecule has 4 aliphatic rings. The maximum atomic E-state index is 2.64. The zero-order valence-electron chi connectivity index (χ0n) is 61.4. The largest absolute Gasteiger partial charge is 0.311 e. The van der Waals surface area contributed by atoms with Crippen LogP contribution in [-0.2, 0) is 32.5 Å². The summed E-state index contributed by atoms with van der Waals surface area (Å²) in [6, 6.07) is 97.1. The van der Waals surface area contributed by atoms with Crippen molar-refractivity contribution in [2.75, 3.05) is 9.80 Å². The molecule has 5 heteroatoms. The Morgan fingerprint density at radius 2 is 0.604 bits per heavy atom. The third-order valence-corrected chi connectivity index (χ3v) is 24.3. The molecule has 0 saturated heterocycles. The second-order valence-corrected chi connectivity index (χ2v) is 34.7. The Balaban J connectivity index is 0.923. The molecule has 2 aromatic heterocycles. The number of hydrogen-bond acceptors (Lipinski definition) is 2. The summed E-state index contributed by atoms with van der Waals surface area (Å²) in [4.78, 5) is 5.27. The average Bonchev–Trinajstić information content (AvgIpc) is 1.20. The number of aromatic nitrogens is 2. The van der Waals surface area contributed by atoms with E-state index in [1.54, 1.807) is 0 Å². The molecule has 0 N–H and O–H groups in total. The molecule has 0 atom stereocenters. The molecule has 0 bridgehead atoms. The highest BCUT2D eigenvalue weighted by Gasteiger charge is 2.45. The van der Waals surface area contributed by atoms with Crippen LogP contribution < -0.4 is 26.2 Å². The van der Waals surface area contributed by atoms with Crippen LogP contribution in [0.1, 0.15) is 156 Å². The highest BCUT2D eigenvalue weighted by atomic mass is 15.2. The predicted molar refractivity (Wildman–Crippen MR) is 433 cm³/mol. The Hall–Kier alpha value is -10.1. The van der Waals surface area contributed by atoms with E-state index in [1.807, 2.05) is 0 Å². The number of para-hydroxylation sites is 4. The minimum atomic E-state index is -0.151. The molecule has 0 fully saturated rings. The molecule has 0 saturated carbocycles. The highest BCUT2D eigenvalue weighted by Crippen LogP contribution is 2.52. The molecule has 18 rings (SSSR count). The lowest BCUT2D eigenvalue weighted by Gasteiger charge is -2.45. The minimum absolute atomic E-state index is 0.0632. The van der Waals surface area contributed by atoms with Crippen molar-refractivity contribution in [2.45, 2.75) is 155 Å². The molecule has 4 heterocycles. The summed E-state index contributed by atoms with van der Waals surface area (Å²) in [5, 5.41) is 4.96. The van der Waals surface area contributed by atoms with Crippen LogP contribution in [-0.4, -0.2) is 15.8 Å². The minimum Gasteiger partial charge on any atom is -0.311 e. The lowest BCUT2D eigenvalue weighted by molar-refractivity contribution is 0.332. The number of hydrogen-bond donors (Lipinski definition) is 0. The van der Waals surface area contributed by atoms with E-state index in [-0.39, 0.29) is 39.2 Å². The molecule has 0 amide bonds. The topological polar surface area (TPSA) is 16.3 Å². The molecular formula is C96H91BN4. The third kappa shape index (κ3) is 9.98. The Bertz CT molecular complexity index is 5610. The molecule has 12 aromatic carbocycles. The van der Waals surface area contributed by atoms with Gasteiger partial charge in [-0.3, -0.25) is 0 Å². The van der Waals surface area contributed by atoms with E-state index in [2.05, 4.69) is 365 Å². The van der Waals surface area contributed by atoms with E-state index >= 15 is 0 Å². The first-order valence-corrected chi connectivity index (χ1v) is 37.0. The molecule has 498 valence electrons. The fraction of sp³-hybridized carbons (Fsp3) is 0.250. The Labute approximate surface area is 598 Å². The summed E-state index contributed by atoms with van der Waals surface area (Å²) in [5.41, 5.74) is 34.0. The van der Waals surface area contributed by atoms with Crippen molar-refractivity contribution in [3.63, 3.8) is 0 Å². The van der Waals surface area contributed by atoms with Gasteiger partial charge in [-0.25, -0.2) is 0 Å². The lowest BCUT2D eigenvalue weighted by Crippen LogP contribution is -2.61. The predicted octanol–water partition coefficient (Wildman–Crippen LogP) is 24.3. The maximum Gasteiger partial charge on any atom is 0.252 e. The first kappa shape index (κ1) is 63.1. The van der Waals surface area contributed by atoms with Crippen molar-refractivity contribution in [3.05, 3.63) is 282 Å². The van der Waals surface area contributed by atoms with E-state index in [4.69, 9.17) is 0 Å². The van der Waals surface area contributed by atoms with Crippen LogP contribution in [0.15, 0.2) is 249 Å². The zero-order valence-corrected chi connectivity index (χ0v) is 61.4. The van der Waals surface area contributed by atoms with Crippen LogP contribution in [0.5, 0.6) is 0 Å². The molecule has 0 spiro atoms. The standard InChI is InChI=1S/C96H91BN4/c1-91(2,3)66-51-65(52-67(56-66)92(4,5)6)64-37-45-80-86(55-64)98(68-38-31-60(32-39-68)62-35-43-76-78(53-62)95(11,12)49-47-93(76,7)8)88-58-71(101-84-29-21-17-25-74(84)75-26-18-22-30-85(75)101)59-89-90(88)97(80)81-46-42-70(100-82-27-19-15-23-72(82)73-24-16-20-28-83(73)100)57-87(81)99(89)69-40-33-61(34-41-69)63-36-44-77-79(54-63)96(13,14)50-48-94(77,9)10/h15-46,51-59H,47-50H2,1-14H3. The third-order valence-electron chi connectivity index (χ3n) is 24.3. The van der Waals surface area contributed by atoms with Crippen molar-refractivity contribution >= 4 is 101 Å². The van der Waals surface area contributed by atoms with Gasteiger partial charge >= 0.3 is 0 Å². The van der Waals surface area contributed by atoms with Gasteiger partial charge in [-0.2, -0.15) is 0 Å². The summed E-state index contributed by atoms with van der Waals surface area (Å²) in [7, 11) is 0. The maximum absolute atomic E-state index is 2.64. The fourth-order valence-corrected chi connectivity index (χ4v) is 18.2. The normalized spacial score (nSPS) is 16.3. The molecular weight excluding hydrogens is 1220 g/mol. The Morgan fingerprint density at radius 3 is 1.02 bits per heavy atom. The molecule has 2 aliphatic carbocycles. The first-order valence-electron chi connectivity index (χ1n) is 37.0. The Kier molecular flexibility index (Phi) is 13.9. The number of benzene rings is 12.